The van der Waals surface area contributed by atoms with Crippen molar-refractivity contribution in [1.29, 1.82) is 0 Å². The molecule has 1 aliphatic heterocycles. The normalized spacial score (nSPS) is 28.6. The van der Waals surface area contributed by atoms with Crippen LogP contribution in [-0.4, -0.2) is 10.9 Å². The third-order valence-corrected chi connectivity index (χ3v) is 4.44. The highest BCUT2D eigenvalue weighted by Crippen LogP contribution is 2.40. The Hall–Kier alpha value is -0.550. The highest BCUT2D eigenvalue weighted by atomic mass is 79.9. The fourth-order valence-electron chi connectivity index (χ4n) is 2.12. The summed E-state index contributed by atoms with van der Waals surface area (Å²) in [4.78, 5) is 0. The Kier molecular flexibility index (Phi) is 3.74. The van der Waals surface area contributed by atoms with E-state index in [1.165, 1.54) is 12.1 Å². The molecule has 1 heterocycles. The zero-order chi connectivity index (χ0) is 13.4. The summed E-state index contributed by atoms with van der Waals surface area (Å²) in [6.07, 6.45) is -2.63. The van der Waals surface area contributed by atoms with Crippen LogP contribution in [-0.2, 0) is 10.9 Å². The molecular weight excluding hydrogens is 309 g/mol. The molecule has 2 unspecified atom stereocenters. The van der Waals surface area contributed by atoms with E-state index < -0.39 is 11.7 Å². The van der Waals surface area contributed by atoms with Gasteiger partial charge in [0, 0.05) is 5.33 Å². The van der Waals surface area contributed by atoms with E-state index in [1.54, 1.807) is 0 Å². The standard InChI is InChI=1S/C13H14BrF3O/c1-12(8-14)7-6-11(18-12)9-2-4-10(5-3-9)13(15,16)17/h2-5,11H,6-8H2,1H3. The molecule has 1 aliphatic rings. The molecule has 0 aliphatic carbocycles. The molecule has 0 N–H and O–H groups in total. The van der Waals surface area contributed by atoms with E-state index in [4.69, 9.17) is 4.74 Å². The molecule has 0 radical (unpaired) electrons. The van der Waals surface area contributed by atoms with Crippen LogP contribution in [0.15, 0.2) is 24.3 Å². The molecule has 100 valence electrons. The molecule has 2 atom stereocenters. The van der Waals surface area contributed by atoms with Gasteiger partial charge in [-0.3, -0.25) is 0 Å². The molecule has 0 spiro atoms. The summed E-state index contributed by atoms with van der Waals surface area (Å²) >= 11 is 3.40. The lowest BCUT2D eigenvalue weighted by Gasteiger charge is -2.22. The van der Waals surface area contributed by atoms with E-state index >= 15 is 0 Å². The van der Waals surface area contributed by atoms with E-state index in [0.29, 0.717) is 0 Å². The van der Waals surface area contributed by atoms with Gasteiger partial charge in [-0.1, -0.05) is 28.1 Å². The van der Waals surface area contributed by atoms with Crippen molar-refractivity contribution in [3.8, 4) is 0 Å². The van der Waals surface area contributed by atoms with Gasteiger partial charge >= 0.3 is 6.18 Å². The Balaban J connectivity index is 2.12. The lowest BCUT2D eigenvalue weighted by atomic mass is 10.0. The topological polar surface area (TPSA) is 9.23 Å². The van der Waals surface area contributed by atoms with Gasteiger partial charge in [-0.05, 0) is 37.5 Å². The molecule has 0 bridgehead atoms. The summed E-state index contributed by atoms with van der Waals surface area (Å²) in [6, 6.07) is 5.24. The first-order chi connectivity index (χ1) is 8.34. The molecule has 18 heavy (non-hydrogen) atoms. The van der Waals surface area contributed by atoms with Crippen LogP contribution >= 0.6 is 15.9 Å². The van der Waals surface area contributed by atoms with Crippen molar-refractivity contribution in [1.82, 2.24) is 0 Å². The average Bonchev–Trinajstić information content (AvgIpc) is 2.72. The molecule has 1 nitrogen and oxygen atoms in total. The molecule has 1 saturated heterocycles. The molecule has 1 aromatic rings. The molecule has 0 amide bonds. The minimum atomic E-state index is -4.28. The summed E-state index contributed by atoms with van der Waals surface area (Å²) in [7, 11) is 0. The number of hydrogen-bond acceptors (Lipinski definition) is 1. The van der Waals surface area contributed by atoms with Gasteiger partial charge in [0.2, 0.25) is 0 Å². The van der Waals surface area contributed by atoms with E-state index in [9.17, 15) is 13.2 Å². The van der Waals surface area contributed by atoms with Crippen LogP contribution in [0.1, 0.15) is 37.0 Å². The highest BCUT2D eigenvalue weighted by Gasteiger charge is 2.36. The minimum absolute atomic E-state index is 0.102. The molecule has 2 rings (SSSR count). The molecule has 5 heteroatoms. The maximum absolute atomic E-state index is 12.4. The smallest absolute Gasteiger partial charge is 0.366 e. The largest absolute Gasteiger partial charge is 0.416 e. The van der Waals surface area contributed by atoms with Crippen molar-refractivity contribution in [2.45, 2.75) is 37.6 Å². The lowest BCUT2D eigenvalue weighted by Crippen LogP contribution is -2.25. The second kappa shape index (κ2) is 4.85. The van der Waals surface area contributed by atoms with Gasteiger partial charge in [0.15, 0.2) is 0 Å². The van der Waals surface area contributed by atoms with Crippen molar-refractivity contribution >= 4 is 15.9 Å². The number of ether oxygens (including phenoxy) is 1. The number of hydrogen-bond donors (Lipinski definition) is 0. The van der Waals surface area contributed by atoms with Crippen molar-refractivity contribution in [3.63, 3.8) is 0 Å². The SMILES string of the molecule is CC1(CBr)CCC(c2ccc(C(F)(F)F)cc2)O1. The summed E-state index contributed by atoms with van der Waals surface area (Å²) in [5.41, 5.74) is -0.0203. The predicted molar refractivity (Wildman–Crippen MR) is 66.7 cm³/mol. The van der Waals surface area contributed by atoms with Crippen LogP contribution in [0.2, 0.25) is 0 Å². The van der Waals surface area contributed by atoms with Crippen LogP contribution in [0, 0.1) is 0 Å². The van der Waals surface area contributed by atoms with Crippen LogP contribution in [0.4, 0.5) is 13.2 Å². The molecule has 0 saturated carbocycles. The average molecular weight is 323 g/mol. The molecular formula is C13H14BrF3O. The van der Waals surface area contributed by atoms with Gasteiger partial charge in [-0.15, -0.1) is 0 Å². The maximum atomic E-state index is 12.4. The number of benzene rings is 1. The van der Waals surface area contributed by atoms with Crippen molar-refractivity contribution in [2.24, 2.45) is 0 Å². The fourth-order valence-corrected chi connectivity index (χ4v) is 2.53. The Morgan fingerprint density at radius 2 is 1.94 bits per heavy atom. The molecule has 1 aromatic carbocycles. The van der Waals surface area contributed by atoms with Gasteiger partial charge in [-0.2, -0.15) is 13.2 Å². The zero-order valence-corrected chi connectivity index (χ0v) is 11.5. The van der Waals surface area contributed by atoms with Gasteiger partial charge < -0.3 is 4.74 Å². The Labute approximate surface area is 112 Å². The summed E-state index contributed by atoms with van der Waals surface area (Å²) in [5.74, 6) is 0. The summed E-state index contributed by atoms with van der Waals surface area (Å²) in [5, 5.41) is 0.733. The van der Waals surface area contributed by atoms with Crippen molar-refractivity contribution in [2.75, 3.05) is 5.33 Å². The third kappa shape index (κ3) is 2.88. The number of halogens is 4. The van der Waals surface area contributed by atoms with Gasteiger partial charge in [0.25, 0.3) is 0 Å². The van der Waals surface area contributed by atoms with Crippen molar-refractivity contribution in [3.05, 3.63) is 35.4 Å². The third-order valence-electron chi connectivity index (χ3n) is 3.25. The fraction of sp³-hybridized carbons (Fsp3) is 0.538. The molecule has 1 fully saturated rings. The minimum Gasteiger partial charge on any atom is -0.366 e. The zero-order valence-electron chi connectivity index (χ0n) is 9.93. The van der Waals surface area contributed by atoms with Gasteiger partial charge in [-0.25, -0.2) is 0 Å². The molecule has 0 aromatic heterocycles. The van der Waals surface area contributed by atoms with Crippen molar-refractivity contribution < 1.29 is 17.9 Å². The first-order valence-electron chi connectivity index (χ1n) is 5.75. The highest BCUT2D eigenvalue weighted by molar-refractivity contribution is 9.09. The summed E-state index contributed by atoms with van der Waals surface area (Å²) in [6.45, 7) is 2.01. The Bertz CT molecular complexity index is 415. The maximum Gasteiger partial charge on any atom is 0.416 e. The second-order valence-electron chi connectivity index (χ2n) is 4.85. The number of alkyl halides is 4. The van der Waals surface area contributed by atoms with Crippen LogP contribution in [0.3, 0.4) is 0 Å². The lowest BCUT2D eigenvalue weighted by molar-refractivity contribution is -0.137. The van der Waals surface area contributed by atoms with Gasteiger partial charge in [0.05, 0.1) is 17.3 Å². The Morgan fingerprint density at radius 1 is 1.33 bits per heavy atom. The first-order valence-corrected chi connectivity index (χ1v) is 6.87. The van der Waals surface area contributed by atoms with E-state index in [0.717, 1.165) is 35.9 Å². The quantitative estimate of drug-likeness (QED) is 0.716. The second-order valence-corrected chi connectivity index (χ2v) is 5.41. The van der Waals surface area contributed by atoms with E-state index in [1.807, 2.05) is 6.92 Å². The Morgan fingerprint density at radius 3 is 2.39 bits per heavy atom. The van der Waals surface area contributed by atoms with E-state index in [2.05, 4.69) is 15.9 Å². The predicted octanol–water partition coefficient (Wildman–Crippen LogP) is 4.71. The van der Waals surface area contributed by atoms with Crippen LogP contribution in [0.5, 0.6) is 0 Å². The van der Waals surface area contributed by atoms with Crippen LogP contribution < -0.4 is 0 Å². The monoisotopic (exact) mass is 322 g/mol. The first kappa shape index (κ1) is 13.9. The van der Waals surface area contributed by atoms with E-state index in [-0.39, 0.29) is 11.7 Å². The van der Waals surface area contributed by atoms with Gasteiger partial charge in [0.1, 0.15) is 0 Å². The van der Waals surface area contributed by atoms with Crippen LogP contribution in [0.25, 0.3) is 0 Å². The summed E-state index contributed by atoms with van der Waals surface area (Å²) < 4.78 is 43.2. The number of rotatable bonds is 2.